The first-order chi connectivity index (χ1) is 6.31. The molecule has 13 heavy (non-hydrogen) atoms. The van der Waals surface area contributed by atoms with Gasteiger partial charge in [-0.2, -0.15) is 0 Å². The molecule has 0 atom stereocenters. The highest BCUT2D eigenvalue weighted by molar-refractivity contribution is 5.43. The standard InChI is InChI=1S/C9H11N3O/c10-4-3-7-5-11-9-2-1-8(13)6-12(7)9/h1-2,5-6,13H,3-4,10H2. The second-order valence-corrected chi connectivity index (χ2v) is 2.90. The van der Waals surface area contributed by atoms with Crippen LogP contribution in [0.15, 0.2) is 24.5 Å². The molecule has 0 aliphatic rings. The van der Waals surface area contributed by atoms with Crippen molar-refractivity contribution in [2.24, 2.45) is 5.73 Å². The van der Waals surface area contributed by atoms with Crippen LogP contribution < -0.4 is 5.73 Å². The lowest BCUT2D eigenvalue weighted by Crippen LogP contribution is -2.04. The van der Waals surface area contributed by atoms with Gasteiger partial charge in [0.05, 0.1) is 6.20 Å². The second-order valence-electron chi connectivity index (χ2n) is 2.90. The molecular weight excluding hydrogens is 166 g/mol. The summed E-state index contributed by atoms with van der Waals surface area (Å²) < 4.78 is 1.85. The van der Waals surface area contributed by atoms with Crippen molar-refractivity contribution >= 4 is 5.65 Å². The zero-order valence-electron chi connectivity index (χ0n) is 7.14. The van der Waals surface area contributed by atoms with Gasteiger partial charge in [0.1, 0.15) is 11.4 Å². The summed E-state index contributed by atoms with van der Waals surface area (Å²) >= 11 is 0. The summed E-state index contributed by atoms with van der Waals surface area (Å²) in [7, 11) is 0. The molecule has 0 unspecified atom stereocenters. The highest BCUT2D eigenvalue weighted by Crippen LogP contribution is 2.13. The first kappa shape index (κ1) is 8.07. The SMILES string of the molecule is NCCc1cnc2ccc(O)cn12. The molecule has 0 saturated heterocycles. The number of fused-ring (bicyclic) bond motifs is 1. The summed E-state index contributed by atoms with van der Waals surface area (Å²) in [4.78, 5) is 4.17. The largest absolute Gasteiger partial charge is 0.506 e. The minimum atomic E-state index is 0.240. The Kier molecular flexibility index (Phi) is 1.90. The van der Waals surface area contributed by atoms with Crippen LogP contribution in [0.3, 0.4) is 0 Å². The molecular formula is C9H11N3O. The van der Waals surface area contributed by atoms with Crippen molar-refractivity contribution in [1.29, 1.82) is 0 Å². The number of nitrogens with zero attached hydrogens (tertiary/aromatic N) is 2. The van der Waals surface area contributed by atoms with Gasteiger partial charge in [-0.1, -0.05) is 0 Å². The zero-order valence-corrected chi connectivity index (χ0v) is 7.14. The van der Waals surface area contributed by atoms with Crippen LogP contribution in [0.5, 0.6) is 5.75 Å². The number of hydrogen-bond donors (Lipinski definition) is 2. The van der Waals surface area contributed by atoms with E-state index in [4.69, 9.17) is 5.73 Å². The fraction of sp³-hybridized carbons (Fsp3) is 0.222. The van der Waals surface area contributed by atoms with E-state index in [1.807, 2.05) is 4.40 Å². The number of rotatable bonds is 2. The first-order valence-electron chi connectivity index (χ1n) is 4.16. The second kappa shape index (κ2) is 3.06. The van der Waals surface area contributed by atoms with E-state index in [-0.39, 0.29) is 5.75 Å². The molecule has 0 aromatic carbocycles. The lowest BCUT2D eigenvalue weighted by atomic mass is 10.3. The molecule has 68 valence electrons. The van der Waals surface area contributed by atoms with Crippen molar-refractivity contribution in [3.8, 4) is 5.75 Å². The maximum Gasteiger partial charge on any atom is 0.137 e. The number of pyridine rings is 1. The van der Waals surface area contributed by atoms with E-state index in [1.165, 1.54) is 0 Å². The Labute approximate surface area is 75.6 Å². The van der Waals surface area contributed by atoms with Gasteiger partial charge in [-0.05, 0) is 18.7 Å². The third-order valence-corrected chi connectivity index (χ3v) is 1.97. The summed E-state index contributed by atoms with van der Waals surface area (Å²) in [5.41, 5.74) is 7.30. The molecule has 2 aromatic rings. The molecule has 3 N–H and O–H groups in total. The fourth-order valence-corrected chi connectivity index (χ4v) is 1.35. The molecule has 0 aliphatic carbocycles. The van der Waals surface area contributed by atoms with Crippen LogP contribution in [-0.4, -0.2) is 21.0 Å². The Hall–Kier alpha value is -1.55. The van der Waals surface area contributed by atoms with Crippen molar-refractivity contribution in [2.75, 3.05) is 6.54 Å². The molecule has 0 saturated carbocycles. The maximum atomic E-state index is 9.26. The van der Waals surface area contributed by atoms with E-state index in [9.17, 15) is 5.11 Å². The first-order valence-corrected chi connectivity index (χ1v) is 4.16. The summed E-state index contributed by atoms with van der Waals surface area (Å²) in [6, 6.07) is 3.39. The van der Waals surface area contributed by atoms with Crippen LogP contribution in [0.4, 0.5) is 0 Å². The van der Waals surface area contributed by atoms with Gasteiger partial charge in [-0.15, -0.1) is 0 Å². The summed E-state index contributed by atoms with van der Waals surface area (Å²) in [6.45, 7) is 0.587. The van der Waals surface area contributed by atoms with Gasteiger partial charge in [-0.25, -0.2) is 4.98 Å². The predicted molar refractivity (Wildman–Crippen MR) is 49.6 cm³/mol. The smallest absolute Gasteiger partial charge is 0.137 e. The Morgan fingerprint density at radius 1 is 1.46 bits per heavy atom. The number of aromatic hydroxyl groups is 1. The molecule has 4 heteroatoms. The number of aromatic nitrogens is 2. The lowest BCUT2D eigenvalue weighted by Gasteiger charge is -1.99. The van der Waals surface area contributed by atoms with Gasteiger partial charge in [-0.3, -0.25) is 0 Å². The van der Waals surface area contributed by atoms with Gasteiger partial charge < -0.3 is 15.2 Å². The maximum absolute atomic E-state index is 9.26. The lowest BCUT2D eigenvalue weighted by molar-refractivity contribution is 0.471. The third kappa shape index (κ3) is 1.36. The number of hydrogen-bond acceptors (Lipinski definition) is 3. The molecule has 0 fully saturated rings. The van der Waals surface area contributed by atoms with E-state index >= 15 is 0 Å². The Morgan fingerprint density at radius 2 is 2.31 bits per heavy atom. The molecule has 0 radical (unpaired) electrons. The van der Waals surface area contributed by atoms with Crippen LogP contribution in [0.1, 0.15) is 5.69 Å². The van der Waals surface area contributed by atoms with Crippen LogP contribution in [0, 0.1) is 0 Å². The molecule has 0 bridgehead atoms. The molecule has 4 nitrogen and oxygen atoms in total. The minimum Gasteiger partial charge on any atom is -0.506 e. The number of nitrogens with two attached hydrogens (primary N) is 1. The Morgan fingerprint density at radius 3 is 3.08 bits per heavy atom. The molecule has 0 amide bonds. The molecule has 2 rings (SSSR count). The predicted octanol–water partition coefficient (Wildman–Crippen LogP) is 0.541. The molecule has 0 spiro atoms. The van der Waals surface area contributed by atoms with Crippen LogP contribution >= 0.6 is 0 Å². The average Bonchev–Trinajstić information content (AvgIpc) is 2.49. The minimum absolute atomic E-state index is 0.240. The van der Waals surface area contributed by atoms with Gasteiger partial charge in [0.15, 0.2) is 0 Å². The van der Waals surface area contributed by atoms with Gasteiger partial charge in [0.25, 0.3) is 0 Å². The zero-order chi connectivity index (χ0) is 9.26. The van der Waals surface area contributed by atoms with Gasteiger partial charge in [0.2, 0.25) is 0 Å². The van der Waals surface area contributed by atoms with Crippen LogP contribution in [-0.2, 0) is 6.42 Å². The van der Waals surface area contributed by atoms with E-state index in [0.717, 1.165) is 17.8 Å². The van der Waals surface area contributed by atoms with Gasteiger partial charge in [0, 0.05) is 18.3 Å². The van der Waals surface area contributed by atoms with Crippen LogP contribution in [0.2, 0.25) is 0 Å². The molecule has 2 aromatic heterocycles. The average molecular weight is 177 g/mol. The fourth-order valence-electron chi connectivity index (χ4n) is 1.35. The monoisotopic (exact) mass is 177 g/mol. The van der Waals surface area contributed by atoms with Crippen molar-refractivity contribution in [3.63, 3.8) is 0 Å². The summed E-state index contributed by atoms with van der Waals surface area (Å²) in [6.07, 6.45) is 4.19. The van der Waals surface area contributed by atoms with E-state index in [2.05, 4.69) is 4.98 Å². The summed E-state index contributed by atoms with van der Waals surface area (Å²) in [5, 5.41) is 9.26. The Balaban J connectivity index is 2.58. The van der Waals surface area contributed by atoms with E-state index in [0.29, 0.717) is 6.54 Å². The normalized spacial score (nSPS) is 10.8. The van der Waals surface area contributed by atoms with Gasteiger partial charge >= 0.3 is 0 Å². The molecule has 2 heterocycles. The summed E-state index contributed by atoms with van der Waals surface area (Å²) in [5.74, 6) is 0.240. The van der Waals surface area contributed by atoms with Crippen molar-refractivity contribution in [2.45, 2.75) is 6.42 Å². The number of imidazole rings is 1. The van der Waals surface area contributed by atoms with E-state index in [1.54, 1.807) is 24.5 Å². The van der Waals surface area contributed by atoms with Crippen molar-refractivity contribution in [3.05, 3.63) is 30.2 Å². The van der Waals surface area contributed by atoms with Crippen LogP contribution in [0.25, 0.3) is 5.65 Å². The topological polar surface area (TPSA) is 63.5 Å². The van der Waals surface area contributed by atoms with Crippen molar-refractivity contribution in [1.82, 2.24) is 9.38 Å². The Bertz CT molecular complexity index is 422. The quantitative estimate of drug-likeness (QED) is 0.703. The molecule has 0 aliphatic heterocycles. The van der Waals surface area contributed by atoms with E-state index < -0.39 is 0 Å². The highest BCUT2D eigenvalue weighted by Gasteiger charge is 2.01. The van der Waals surface area contributed by atoms with Crippen molar-refractivity contribution < 1.29 is 5.11 Å². The third-order valence-electron chi connectivity index (χ3n) is 1.97. The highest BCUT2D eigenvalue weighted by atomic mass is 16.3.